The standard InChI is InChI=1S/C26H32N2O/c1-5-22-11-10-21(15-18(22)2)13-14-27-20(4)9-12-25-19(3)16-26(28-25)23-7-6-8-24(29)17-23/h6-8,10-11,15,17,27,29H,4-5,9,12-14,16H2,1-3H3. The van der Waals surface area contributed by atoms with Crippen molar-refractivity contribution in [2.75, 3.05) is 6.54 Å². The fourth-order valence-electron chi connectivity index (χ4n) is 3.82. The number of rotatable bonds is 9. The summed E-state index contributed by atoms with van der Waals surface area (Å²) < 4.78 is 0. The zero-order valence-electron chi connectivity index (χ0n) is 17.9. The summed E-state index contributed by atoms with van der Waals surface area (Å²) in [4.78, 5) is 4.82. The van der Waals surface area contributed by atoms with E-state index in [2.05, 4.69) is 50.9 Å². The Morgan fingerprint density at radius 3 is 2.69 bits per heavy atom. The normalized spacial score (nSPS) is 13.6. The molecule has 0 aliphatic carbocycles. The molecule has 0 radical (unpaired) electrons. The second-order valence-electron chi connectivity index (χ2n) is 7.91. The summed E-state index contributed by atoms with van der Waals surface area (Å²) in [6, 6.07) is 14.1. The predicted molar refractivity (Wildman–Crippen MR) is 123 cm³/mol. The highest BCUT2D eigenvalue weighted by atomic mass is 16.3. The molecule has 0 spiro atoms. The molecule has 0 saturated heterocycles. The number of aliphatic imine (C=N–C) groups is 1. The van der Waals surface area contributed by atoms with Gasteiger partial charge >= 0.3 is 0 Å². The third-order valence-electron chi connectivity index (χ3n) is 5.61. The van der Waals surface area contributed by atoms with Gasteiger partial charge in [-0.1, -0.05) is 43.8 Å². The molecule has 1 aliphatic heterocycles. The zero-order valence-corrected chi connectivity index (χ0v) is 17.9. The summed E-state index contributed by atoms with van der Waals surface area (Å²) in [6.45, 7) is 11.6. The van der Waals surface area contributed by atoms with E-state index in [1.807, 2.05) is 12.1 Å². The van der Waals surface area contributed by atoms with Crippen molar-refractivity contribution < 1.29 is 5.11 Å². The minimum absolute atomic E-state index is 0.286. The highest BCUT2D eigenvalue weighted by Gasteiger charge is 2.16. The molecular weight excluding hydrogens is 356 g/mol. The Morgan fingerprint density at radius 1 is 1.14 bits per heavy atom. The lowest BCUT2D eigenvalue weighted by Gasteiger charge is -2.11. The molecule has 0 fully saturated rings. The summed E-state index contributed by atoms with van der Waals surface area (Å²) in [5.41, 5.74) is 9.74. The van der Waals surface area contributed by atoms with E-state index in [4.69, 9.17) is 4.99 Å². The van der Waals surface area contributed by atoms with Gasteiger partial charge in [0.25, 0.3) is 0 Å². The Bertz CT molecular complexity index is 953. The molecule has 0 saturated carbocycles. The van der Waals surface area contributed by atoms with Gasteiger partial charge in [-0.2, -0.15) is 0 Å². The molecule has 0 bridgehead atoms. The molecule has 3 rings (SSSR count). The molecular formula is C26H32N2O. The molecule has 29 heavy (non-hydrogen) atoms. The van der Waals surface area contributed by atoms with E-state index in [9.17, 15) is 5.11 Å². The molecule has 0 aromatic heterocycles. The summed E-state index contributed by atoms with van der Waals surface area (Å²) in [5, 5.41) is 13.2. The van der Waals surface area contributed by atoms with Crippen molar-refractivity contribution in [1.29, 1.82) is 0 Å². The Kier molecular flexibility index (Phi) is 6.92. The van der Waals surface area contributed by atoms with Crippen LogP contribution in [0.15, 0.2) is 71.0 Å². The second-order valence-corrected chi connectivity index (χ2v) is 7.91. The summed E-state index contributed by atoms with van der Waals surface area (Å²) >= 11 is 0. The summed E-state index contributed by atoms with van der Waals surface area (Å²) in [7, 11) is 0. The molecule has 1 heterocycles. The third kappa shape index (κ3) is 5.60. The highest BCUT2D eigenvalue weighted by Crippen LogP contribution is 2.28. The summed E-state index contributed by atoms with van der Waals surface area (Å²) in [6.07, 6.45) is 4.73. The van der Waals surface area contributed by atoms with Crippen molar-refractivity contribution in [2.24, 2.45) is 4.99 Å². The number of aromatic hydroxyl groups is 1. The Labute approximate surface area is 174 Å². The quantitative estimate of drug-likeness (QED) is 0.565. The van der Waals surface area contributed by atoms with Crippen LogP contribution in [-0.4, -0.2) is 17.4 Å². The lowest BCUT2D eigenvalue weighted by molar-refractivity contribution is 0.475. The van der Waals surface area contributed by atoms with Crippen LogP contribution in [-0.2, 0) is 12.8 Å². The zero-order chi connectivity index (χ0) is 20.8. The number of nitrogens with zero attached hydrogens (tertiary/aromatic N) is 1. The maximum atomic E-state index is 9.70. The van der Waals surface area contributed by atoms with Crippen molar-refractivity contribution in [1.82, 2.24) is 5.32 Å². The van der Waals surface area contributed by atoms with Crippen molar-refractivity contribution in [3.63, 3.8) is 0 Å². The minimum atomic E-state index is 0.286. The highest BCUT2D eigenvalue weighted by molar-refractivity contribution is 6.04. The van der Waals surface area contributed by atoms with Crippen LogP contribution in [0, 0.1) is 6.92 Å². The fraction of sp³-hybridized carbons (Fsp3) is 0.346. The maximum absolute atomic E-state index is 9.70. The van der Waals surface area contributed by atoms with E-state index < -0.39 is 0 Å². The SMILES string of the molecule is C=C(CCC1=C(C)CC(c2cccc(O)c2)=N1)NCCc1ccc(CC)c(C)c1. The molecule has 2 N–H and O–H groups in total. The van der Waals surface area contributed by atoms with Gasteiger partial charge in [-0.05, 0) is 79.5 Å². The first-order valence-corrected chi connectivity index (χ1v) is 10.5. The molecule has 152 valence electrons. The van der Waals surface area contributed by atoms with Crippen LogP contribution in [0.1, 0.15) is 55.4 Å². The first-order chi connectivity index (χ1) is 14.0. The number of phenols is 1. The van der Waals surface area contributed by atoms with Crippen LogP contribution in [0.4, 0.5) is 0 Å². The lowest BCUT2D eigenvalue weighted by atomic mass is 10.0. The van der Waals surface area contributed by atoms with Gasteiger partial charge in [0.05, 0.1) is 5.71 Å². The molecule has 0 unspecified atom stereocenters. The average Bonchev–Trinajstić information content (AvgIpc) is 3.07. The second kappa shape index (κ2) is 9.60. The number of aryl methyl sites for hydroxylation is 2. The van der Waals surface area contributed by atoms with Crippen LogP contribution in [0.3, 0.4) is 0 Å². The number of phenolic OH excluding ortho intramolecular Hbond substituents is 1. The van der Waals surface area contributed by atoms with Crippen LogP contribution < -0.4 is 5.32 Å². The van der Waals surface area contributed by atoms with Gasteiger partial charge in [0, 0.05) is 24.4 Å². The Morgan fingerprint density at radius 2 is 1.97 bits per heavy atom. The summed E-state index contributed by atoms with van der Waals surface area (Å²) in [5.74, 6) is 0.286. The van der Waals surface area contributed by atoms with E-state index in [1.54, 1.807) is 12.1 Å². The molecule has 2 aromatic carbocycles. The average molecular weight is 389 g/mol. The monoisotopic (exact) mass is 388 g/mol. The van der Waals surface area contributed by atoms with Gasteiger partial charge in [-0.25, -0.2) is 0 Å². The van der Waals surface area contributed by atoms with E-state index in [-0.39, 0.29) is 5.75 Å². The molecule has 2 aromatic rings. The number of benzene rings is 2. The van der Waals surface area contributed by atoms with Crippen LogP contribution in [0.5, 0.6) is 5.75 Å². The van der Waals surface area contributed by atoms with Crippen LogP contribution >= 0.6 is 0 Å². The first-order valence-electron chi connectivity index (χ1n) is 10.5. The smallest absolute Gasteiger partial charge is 0.116 e. The van der Waals surface area contributed by atoms with Crippen molar-refractivity contribution in [3.05, 3.63) is 88.3 Å². The molecule has 3 nitrogen and oxygen atoms in total. The van der Waals surface area contributed by atoms with Gasteiger partial charge in [0.1, 0.15) is 5.75 Å². The Hall–Kier alpha value is -2.81. The van der Waals surface area contributed by atoms with Gasteiger partial charge in [0.2, 0.25) is 0 Å². The van der Waals surface area contributed by atoms with E-state index >= 15 is 0 Å². The van der Waals surface area contributed by atoms with Gasteiger partial charge in [-0.3, -0.25) is 4.99 Å². The molecule has 0 amide bonds. The van der Waals surface area contributed by atoms with Crippen molar-refractivity contribution >= 4 is 5.71 Å². The third-order valence-corrected chi connectivity index (χ3v) is 5.61. The molecule has 3 heteroatoms. The Balaban J connectivity index is 1.46. The lowest BCUT2D eigenvalue weighted by Crippen LogP contribution is -2.16. The first kappa shape index (κ1) is 20.9. The van der Waals surface area contributed by atoms with E-state index in [0.29, 0.717) is 0 Å². The number of hydrogen-bond acceptors (Lipinski definition) is 3. The predicted octanol–water partition coefficient (Wildman–Crippen LogP) is 5.86. The van der Waals surface area contributed by atoms with Gasteiger partial charge < -0.3 is 10.4 Å². The largest absolute Gasteiger partial charge is 0.508 e. The minimum Gasteiger partial charge on any atom is -0.508 e. The molecule has 1 aliphatic rings. The fourth-order valence-corrected chi connectivity index (χ4v) is 3.82. The van der Waals surface area contributed by atoms with Gasteiger partial charge in [-0.15, -0.1) is 0 Å². The maximum Gasteiger partial charge on any atom is 0.116 e. The van der Waals surface area contributed by atoms with Crippen molar-refractivity contribution in [3.8, 4) is 5.75 Å². The van der Waals surface area contributed by atoms with Gasteiger partial charge in [0.15, 0.2) is 0 Å². The van der Waals surface area contributed by atoms with Crippen LogP contribution in [0.25, 0.3) is 0 Å². The van der Waals surface area contributed by atoms with E-state index in [0.717, 1.165) is 61.3 Å². The molecule has 0 atom stereocenters. The van der Waals surface area contributed by atoms with E-state index in [1.165, 1.54) is 22.3 Å². The number of nitrogens with one attached hydrogen (secondary N) is 1. The van der Waals surface area contributed by atoms with Crippen molar-refractivity contribution in [2.45, 2.75) is 52.9 Å². The number of hydrogen-bond donors (Lipinski definition) is 2. The topological polar surface area (TPSA) is 44.6 Å². The number of allylic oxidation sites excluding steroid dienone is 3. The van der Waals surface area contributed by atoms with Crippen LogP contribution in [0.2, 0.25) is 0 Å².